The number of nitrogens with one attached hydrogen (secondary N) is 2. The molecule has 1 fully saturated rings. The lowest BCUT2D eigenvalue weighted by molar-refractivity contribution is 0.0957. The van der Waals surface area contributed by atoms with Gasteiger partial charge < -0.3 is 20.3 Å². The Kier molecular flexibility index (Phi) is 8.62. The molecule has 2 N–H and O–H groups in total. The molecule has 1 aliphatic rings. The van der Waals surface area contributed by atoms with Crippen molar-refractivity contribution in [2.24, 2.45) is 0 Å². The molecule has 0 aromatic carbocycles. The van der Waals surface area contributed by atoms with Gasteiger partial charge in [-0.15, -0.1) is 0 Å². The maximum atomic E-state index is 11.7. The summed E-state index contributed by atoms with van der Waals surface area (Å²) in [5, 5.41) is 5.86. The van der Waals surface area contributed by atoms with Crippen molar-refractivity contribution in [3.8, 4) is 0 Å². The average Bonchev–Trinajstić information content (AvgIpc) is 2.48. The minimum atomic E-state index is -0.253. The first-order valence-electron chi connectivity index (χ1n) is 8.13. The molecule has 0 aromatic rings. The van der Waals surface area contributed by atoms with Crippen molar-refractivity contribution in [2.75, 3.05) is 26.2 Å². The van der Waals surface area contributed by atoms with Gasteiger partial charge in [-0.05, 0) is 26.2 Å². The van der Waals surface area contributed by atoms with E-state index >= 15 is 0 Å². The number of carbonyl (C=O) groups excluding carboxylic acids is 2. The zero-order chi connectivity index (χ0) is 15.5. The van der Waals surface area contributed by atoms with Crippen molar-refractivity contribution < 1.29 is 14.3 Å². The predicted octanol–water partition coefficient (Wildman–Crippen LogP) is 2.49. The standard InChI is InChI=1S/C15H29N3O3/c1-3-5-6-7-10-16-14(19)17-13-8-11-18(12-9-13)15(20)21-4-2/h13H,3-12H2,1-2H3,(H2,16,17,19). The Balaban J connectivity index is 2.11. The van der Waals surface area contributed by atoms with E-state index in [0.29, 0.717) is 19.7 Å². The van der Waals surface area contributed by atoms with Gasteiger partial charge in [-0.2, -0.15) is 0 Å². The van der Waals surface area contributed by atoms with Crippen LogP contribution in [0.25, 0.3) is 0 Å². The van der Waals surface area contributed by atoms with Gasteiger partial charge in [0.15, 0.2) is 0 Å². The number of nitrogens with zero attached hydrogens (tertiary/aromatic N) is 1. The molecule has 6 nitrogen and oxygen atoms in total. The topological polar surface area (TPSA) is 70.7 Å². The van der Waals surface area contributed by atoms with E-state index in [1.54, 1.807) is 11.8 Å². The first-order valence-corrected chi connectivity index (χ1v) is 8.13. The first-order chi connectivity index (χ1) is 10.2. The quantitative estimate of drug-likeness (QED) is 0.710. The molecule has 0 aromatic heterocycles. The second-order valence-electron chi connectivity index (χ2n) is 5.42. The fraction of sp³-hybridized carbons (Fsp3) is 0.867. The van der Waals surface area contributed by atoms with Gasteiger partial charge in [-0.3, -0.25) is 0 Å². The van der Waals surface area contributed by atoms with Crippen LogP contribution in [0.1, 0.15) is 52.4 Å². The number of ether oxygens (including phenoxy) is 1. The highest BCUT2D eigenvalue weighted by atomic mass is 16.6. The summed E-state index contributed by atoms with van der Waals surface area (Å²) in [6.45, 7) is 6.38. The van der Waals surface area contributed by atoms with E-state index in [1.165, 1.54) is 12.8 Å². The van der Waals surface area contributed by atoms with Crippen LogP contribution in [-0.4, -0.2) is 49.3 Å². The molecule has 0 aliphatic carbocycles. The van der Waals surface area contributed by atoms with Crippen LogP contribution in [0.4, 0.5) is 9.59 Å². The second-order valence-corrected chi connectivity index (χ2v) is 5.42. The van der Waals surface area contributed by atoms with E-state index in [4.69, 9.17) is 4.74 Å². The largest absolute Gasteiger partial charge is 0.450 e. The summed E-state index contributed by atoms with van der Waals surface area (Å²) in [5.41, 5.74) is 0. The molecule has 0 radical (unpaired) electrons. The van der Waals surface area contributed by atoms with Gasteiger partial charge in [-0.1, -0.05) is 26.2 Å². The van der Waals surface area contributed by atoms with Gasteiger partial charge >= 0.3 is 12.1 Å². The molecule has 1 heterocycles. The van der Waals surface area contributed by atoms with Crippen LogP contribution in [0.5, 0.6) is 0 Å². The highest BCUT2D eigenvalue weighted by molar-refractivity contribution is 5.74. The summed E-state index contributed by atoms with van der Waals surface area (Å²) in [5.74, 6) is 0. The first kappa shape index (κ1) is 17.6. The van der Waals surface area contributed by atoms with Gasteiger partial charge in [0.25, 0.3) is 0 Å². The fourth-order valence-electron chi connectivity index (χ4n) is 2.41. The van der Waals surface area contributed by atoms with Gasteiger partial charge in [0, 0.05) is 25.7 Å². The van der Waals surface area contributed by atoms with E-state index in [9.17, 15) is 9.59 Å². The number of carbonyl (C=O) groups is 2. The molecule has 3 amide bonds. The monoisotopic (exact) mass is 299 g/mol. The Hall–Kier alpha value is -1.46. The highest BCUT2D eigenvalue weighted by Crippen LogP contribution is 2.11. The molecule has 21 heavy (non-hydrogen) atoms. The molecule has 6 heteroatoms. The second kappa shape index (κ2) is 10.3. The number of unbranched alkanes of at least 4 members (excludes halogenated alkanes) is 3. The molecular formula is C15H29N3O3. The third-order valence-corrected chi connectivity index (χ3v) is 3.67. The third kappa shape index (κ3) is 7.20. The van der Waals surface area contributed by atoms with Crippen LogP contribution >= 0.6 is 0 Å². The maximum Gasteiger partial charge on any atom is 0.409 e. The molecule has 0 unspecified atom stereocenters. The van der Waals surface area contributed by atoms with E-state index < -0.39 is 0 Å². The molecule has 0 spiro atoms. The molecule has 0 saturated carbocycles. The highest BCUT2D eigenvalue weighted by Gasteiger charge is 2.24. The van der Waals surface area contributed by atoms with Crippen molar-refractivity contribution in [1.82, 2.24) is 15.5 Å². The lowest BCUT2D eigenvalue weighted by atomic mass is 10.1. The number of rotatable bonds is 7. The van der Waals surface area contributed by atoms with Crippen LogP contribution < -0.4 is 10.6 Å². The molecule has 0 bridgehead atoms. The van der Waals surface area contributed by atoms with Gasteiger partial charge in [0.1, 0.15) is 0 Å². The number of amides is 3. The van der Waals surface area contributed by atoms with Crippen LogP contribution in [0, 0.1) is 0 Å². The Morgan fingerprint density at radius 1 is 1.14 bits per heavy atom. The SMILES string of the molecule is CCCCCCNC(=O)NC1CCN(C(=O)OCC)CC1. The van der Waals surface area contributed by atoms with Crippen molar-refractivity contribution in [1.29, 1.82) is 0 Å². The number of hydrogen-bond acceptors (Lipinski definition) is 3. The number of piperidine rings is 1. The fourth-order valence-corrected chi connectivity index (χ4v) is 2.41. The van der Waals surface area contributed by atoms with Crippen molar-refractivity contribution in [3.63, 3.8) is 0 Å². The summed E-state index contributed by atoms with van der Waals surface area (Å²) >= 11 is 0. The summed E-state index contributed by atoms with van der Waals surface area (Å²) < 4.78 is 4.97. The van der Waals surface area contributed by atoms with E-state index in [2.05, 4.69) is 17.6 Å². The normalized spacial score (nSPS) is 15.6. The number of likely N-dealkylation sites (tertiary alicyclic amines) is 1. The molecule has 122 valence electrons. The minimum absolute atomic E-state index is 0.0962. The Morgan fingerprint density at radius 3 is 2.48 bits per heavy atom. The molecule has 1 aliphatic heterocycles. The van der Waals surface area contributed by atoms with E-state index in [-0.39, 0.29) is 18.2 Å². The van der Waals surface area contributed by atoms with Gasteiger partial charge in [-0.25, -0.2) is 9.59 Å². The van der Waals surface area contributed by atoms with Crippen LogP contribution in [-0.2, 0) is 4.74 Å². The predicted molar refractivity (Wildman–Crippen MR) is 82.3 cm³/mol. The number of hydrogen-bond donors (Lipinski definition) is 2. The van der Waals surface area contributed by atoms with Crippen molar-refractivity contribution in [2.45, 2.75) is 58.4 Å². The summed E-state index contributed by atoms with van der Waals surface area (Å²) in [6, 6.07) is 0.0485. The summed E-state index contributed by atoms with van der Waals surface area (Å²) in [4.78, 5) is 25.0. The smallest absolute Gasteiger partial charge is 0.409 e. The zero-order valence-electron chi connectivity index (χ0n) is 13.3. The summed E-state index contributed by atoms with van der Waals surface area (Å²) in [7, 11) is 0. The molecular weight excluding hydrogens is 270 g/mol. The lowest BCUT2D eigenvalue weighted by Gasteiger charge is -2.31. The zero-order valence-corrected chi connectivity index (χ0v) is 13.3. The number of urea groups is 1. The van der Waals surface area contributed by atoms with Gasteiger partial charge in [0.05, 0.1) is 6.61 Å². The summed E-state index contributed by atoms with van der Waals surface area (Å²) in [6.07, 6.45) is 5.92. The van der Waals surface area contributed by atoms with Crippen molar-refractivity contribution in [3.05, 3.63) is 0 Å². The Morgan fingerprint density at radius 2 is 1.86 bits per heavy atom. The molecule has 0 atom stereocenters. The Labute approximate surface area is 127 Å². The van der Waals surface area contributed by atoms with Crippen LogP contribution in [0.2, 0.25) is 0 Å². The van der Waals surface area contributed by atoms with E-state index in [0.717, 1.165) is 32.2 Å². The maximum absolute atomic E-state index is 11.7. The van der Waals surface area contributed by atoms with Gasteiger partial charge in [0.2, 0.25) is 0 Å². The van der Waals surface area contributed by atoms with Crippen LogP contribution in [0.3, 0.4) is 0 Å². The Bertz CT molecular complexity index is 315. The van der Waals surface area contributed by atoms with E-state index in [1.807, 2.05) is 0 Å². The molecule has 1 saturated heterocycles. The lowest BCUT2D eigenvalue weighted by Crippen LogP contribution is -2.49. The van der Waals surface area contributed by atoms with Crippen LogP contribution in [0.15, 0.2) is 0 Å². The minimum Gasteiger partial charge on any atom is -0.450 e. The molecule has 1 rings (SSSR count). The third-order valence-electron chi connectivity index (χ3n) is 3.67. The van der Waals surface area contributed by atoms with Crippen molar-refractivity contribution >= 4 is 12.1 Å². The average molecular weight is 299 g/mol.